The van der Waals surface area contributed by atoms with E-state index in [1.54, 1.807) is 0 Å². The van der Waals surface area contributed by atoms with Crippen LogP contribution in [0.2, 0.25) is 0 Å². The van der Waals surface area contributed by atoms with E-state index >= 15 is 0 Å². The van der Waals surface area contributed by atoms with Gasteiger partial charge in [-0.3, -0.25) is 0 Å². The van der Waals surface area contributed by atoms with Crippen LogP contribution in [0.1, 0.15) is 32.3 Å². The lowest BCUT2D eigenvalue weighted by molar-refractivity contribution is 0.344. The first-order valence-electron chi connectivity index (χ1n) is 6.68. The second-order valence-corrected chi connectivity index (χ2v) is 6.11. The molecule has 2 unspecified atom stereocenters. The quantitative estimate of drug-likeness (QED) is 0.836. The van der Waals surface area contributed by atoms with E-state index in [9.17, 15) is 0 Å². The van der Waals surface area contributed by atoms with Gasteiger partial charge in [0.15, 0.2) is 0 Å². The van der Waals surface area contributed by atoms with E-state index in [2.05, 4.69) is 59.4 Å². The molecule has 2 atom stereocenters. The fourth-order valence-electron chi connectivity index (χ4n) is 2.53. The SMILES string of the molecule is CCNC(Cc1ccc(Br)cc1)C(C)C1CC1. The minimum absolute atomic E-state index is 0.633. The van der Waals surface area contributed by atoms with Crippen LogP contribution in [-0.4, -0.2) is 12.6 Å². The number of rotatable bonds is 6. The molecule has 0 amide bonds. The van der Waals surface area contributed by atoms with Gasteiger partial charge in [0.05, 0.1) is 0 Å². The number of likely N-dealkylation sites (N-methyl/N-ethyl adjacent to an activating group) is 1. The molecule has 1 N–H and O–H groups in total. The minimum Gasteiger partial charge on any atom is -0.314 e. The zero-order chi connectivity index (χ0) is 12.3. The summed E-state index contributed by atoms with van der Waals surface area (Å²) in [6.07, 6.45) is 4.02. The highest BCUT2D eigenvalue weighted by atomic mass is 79.9. The molecule has 2 heteroatoms. The van der Waals surface area contributed by atoms with Crippen LogP contribution in [-0.2, 0) is 6.42 Å². The molecule has 1 aromatic carbocycles. The molecule has 0 aliphatic heterocycles. The van der Waals surface area contributed by atoms with Crippen LogP contribution in [0.5, 0.6) is 0 Å². The van der Waals surface area contributed by atoms with Gasteiger partial charge in [-0.25, -0.2) is 0 Å². The number of hydrogen-bond donors (Lipinski definition) is 1. The standard InChI is InChI=1S/C15H22BrN/c1-3-17-15(11(2)13-6-7-13)10-12-4-8-14(16)9-5-12/h4-5,8-9,11,13,15,17H,3,6-7,10H2,1-2H3. The highest BCUT2D eigenvalue weighted by Gasteiger charge is 2.32. The average molecular weight is 296 g/mol. The molecule has 1 aliphatic carbocycles. The summed E-state index contributed by atoms with van der Waals surface area (Å²) in [6.45, 7) is 5.68. The summed E-state index contributed by atoms with van der Waals surface area (Å²) < 4.78 is 1.16. The summed E-state index contributed by atoms with van der Waals surface area (Å²) in [5, 5.41) is 3.66. The number of benzene rings is 1. The first-order valence-corrected chi connectivity index (χ1v) is 7.47. The van der Waals surface area contributed by atoms with Gasteiger partial charge in [-0.2, -0.15) is 0 Å². The van der Waals surface area contributed by atoms with Gasteiger partial charge < -0.3 is 5.32 Å². The Kier molecular flexibility index (Phi) is 4.63. The lowest BCUT2D eigenvalue weighted by Gasteiger charge is -2.25. The van der Waals surface area contributed by atoms with Gasteiger partial charge in [0, 0.05) is 10.5 Å². The molecule has 0 bridgehead atoms. The van der Waals surface area contributed by atoms with Gasteiger partial charge in [-0.05, 0) is 55.3 Å². The number of halogens is 1. The van der Waals surface area contributed by atoms with Gasteiger partial charge in [0.1, 0.15) is 0 Å². The van der Waals surface area contributed by atoms with Crippen molar-refractivity contribution in [2.45, 2.75) is 39.2 Å². The van der Waals surface area contributed by atoms with E-state index in [-0.39, 0.29) is 0 Å². The van der Waals surface area contributed by atoms with Crippen LogP contribution in [0.25, 0.3) is 0 Å². The second-order valence-electron chi connectivity index (χ2n) is 5.19. The number of nitrogens with one attached hydrogen (secondary N) is 1. The third-order valence-electron chi connectivity index (χ3n) is 3.84. The van der Waals surface area contributed by atoms with Crippen LogP contribution in [0, 0.1) is 11.8 Å². The van der Waals surface area contributed by atoms with Crippen molar-refractivity contribution in [3.8, 4) is 0 Å². The van der Waals surface area contributed by atoms with Crippen molar-refractivity contribution >= 4 is 15.9 Å². The lowest BCUT2D eigenvalue weighted by atomic mass is 9.91. The van der Waals surface area contributed by atoms with Crippen molar-refractivity contribution in [3.05, 3.63) is 34.3 Å². The highest BCUT2D eigenvalue weighted by Crippen LogP contribution is 2.38. The van der Waals surface area contributed by atoms with E-state index in [4.69, 9.17) is 0 Å². The molecule has 1 aromatic rings. The Morgan fingerprint density at radius 3 is 2.47 bits per heavy atom. The van der Waals surface area contributed by atoms with Gasteiger partial charge in [0.25, 0.3) is 0 Å². The molecule has 1 aliphatic rings. The van der Waals surface area contributed by atoms with Crippen molar-refractivity contribution < 1.29 is 0 Å². The summed E-state index contributed by atoms with van der Waals surface area (Å²) in [5.41, 5.74) is 1.44. The predicted molar refractivity (Wildman–Crippen MR) is 77.2 cm³/mol. The summed E-state index contributed by atoms with van der Waals surface area (Å²) >= 11 is 3.49. The Morgan fingerprint density at radius 2 is 1.94 bits per heavy atom. The zero-order valence-corrected chi connectivity index (χ0v) is 12.3. The van der Waals surface area contributed by atoms with Gasteiger partial charge in [-0.1, -0.05) is 41.9 Å². The topological polar surface area (TPSA) is 12.0 Å². The minimum atomic E-state index is 0.633. The van der Waals surface area contributed by atoms with Crippen LogP contribution in [0.4, 0.5) is 0 Å². The van der Waals surface area contributed by atoms with E-state index in [1.807, 2.05) is 0 Å². The highest BCUT2D eigenvalue weighted by molar-refractivity contribution is 9.10. The van der Waals surface area contributed by atoms with Crippen LogP contribution in [0.3, 0.4) is 0 Å². The van der Waals surface area contributed by atoms with Crippen LogP contribution in [0.15, 0.2) is 28.7 Å². The third kappa shape index (κ3) is 3.82. The molecule has 0 saturated heterocycles. The maximum atomic E-state index is 3.66. The van der Waals surface area contributed by atoms with Crippen molar-refractivity contribution in [2.75, 3.05) is 6.54 Å². The van der Waals surface area contributed by atoms with Crippen LogP contribution >= 0.6 is 15.9 Å². The maximum absolute atomic E-state index is 3.66. The van der Waals surface area contributed by atoms with E-state index < -0.39 is 0 Å². The molecule has 0 radical (unpaired) electrons. The van der Waals surface area contributed by atoms with Crippen molar-refractivity contribution in [1.29, 1.82) is 0 Å². The molecule has 0 aromatic heterocycles. The summed E-state index contributed by atoms with van der Waals surface area (Å²) in [4.78, 5) is 0. The monoisotopic (exact) mass is 295 g/mol. The van der Waals surface area contributed by atoms with Gasteiger partial charge in [0.2, 0.25) is 0 Å². The Bertz CT molecular complexity index is 342. The molecule has 0 spiro atoms. The summed E-state index contributed by atoms with van der Waals surface area (Å²) in [5.74, 6) is 1.77. The fourth-order valence-corrected chi connectivity index (χ4v) is 2.80. The fraction of sp³-hybridized carbons (Fsp3) is 0.600. The van der Waals surface area contributed by atoms with Crippen LogP contribution < -0.4 is 5.32 Å². The molecule has 1 saturated carbocycles. The summed E-state index contributed by atoms with van der Waals surface area (Å²) in [6, 6.07) is 9.37. The second kappa shape index (κ2) is 6.01. The normalized spacial score (nSPS) is 19.0. The largest absolute Gasteiger partial charge is 0.314 e. The predicted octanol–water partition coefficient (Wildman–Crippen LogP) is 4.02. The molecule has 0 heterocycles. The van der Waals surface area contributed by atoms with Gasteiger partial charge in [-0.15, -0.1) is 0 Å². The third-order valence-corrected chi connectivity index (χ3v) is 4.36. The first-order chi connectivity index (χ1) is 8.20. The van der Waals surface area contributed by atoms with Gasteiger partial charge >= 0.3 is 0 Å². The zero-order valence-electron chi connectivity index (χ0n) is 10.7. The lowest BCUT2D eigenvalue weighted by Crippen LogP contribution is -2.37. The average Bonchev–Trinajstić information content (AvgIpc) is 3.14. The molecule has 1 nitrogen and oxygen atoms in total. The van der Waals surface area contributed by atoms with E-state index in [0.29, 0.717) is 6.04 Å². The van der Waals surface area contributed by atoms with Crippen molar-refractivity contribution in [1.82, 2.24) is 5.32 Å². The Balaban J connectivity index is 1.98. The Morgan fingerprint density at radius 1 is 1.29 bits per heavy atom. The molecular formula is C15H22BrN. The van der Waals surface area contributed by atoms with E-state index in [0.717, 1.165) is 29.3 Å². The summed E-state index contributed by atoms with van der Waals surface area (Å²) in [7, 11) is 0. The van der Waals surface area contributed by atoms with Crippen molar-refractivity contribution in [3.63, 3.8) is 0 Å². The molecule has 2 rings (SSSR count). The molecule has 17 heavy (non-hydrogen) atoms. The first kappa shape index (κ1) is 13.1. The molecule has 1 fully saturated rings. The smallest absolute Gasteiger partial charge is 0.0175 e. The Hall–Kier alpha value is -0.340. The number of hydrogen-bond acceptors (Lipinski definition) is 1. The molecule has 94 valence electrons. The maximum Gasteiger partial charge on any atom is 0.0175 e. The van der Waals surface area contributed by atoms with Crippen molar-refractivity contribution in [2.24, 2.45) is 11.8 Å². The van der Waals surface area contributed by atoms with E-state index in [1.165, 1.54) is 18.4 Å². The molecular weight excluding hydrogens is 274 g/mol. The Labute approximate surface area is 113 Å².